The highest BCUT2D eigenvalue weighted by Gasteiger charge is 2.38. The third-order valence-corrected chi connectivity index (χ3v) is 4.32. The van der Waals surface area contributed by atoms with E-state index < -0.39 is 0 Å². The van der Waals surface area contributed by atoms with Gasteiger partial charge in [0.1, 0.15) is 12.2 Å². The summed E-state index contributed by atoms with van der Waals surface area (Å²) in [7, 11) is 1.79. The number of nitrogens with zero attached hydrogens (tertiary/aromatic N) is 3. The topological polar surface area (TPSA) is 66.0 Å². The van der Waals surface area contributed by atoms with E-state index >= 15 is 0 Å². The molecule has 1 fully saturated rings. The lowest BCUT2D eigenvalue weighted by molar-refractivity contribution is -0.0588. The van der Waals surface area contributed by atoms with Crippen molar-refractivity contribution in [2.24, 2.45) is 5.73 Å². The van der Waals surface area contributed by atoms with Crippen LogP contribution in [-0.2, 0) is 11.2 Å². The third kappa shape index (κ3) is 2.98. The quantitative estimate of drug-likeness (QED) is 0.886. The van der Waals surface area contributed by atoms with Crippen LogP contribution in [0.25, 0.3) is 0 Å². The third-order valence-electron chi connectivity index (χ3n) is 4.32. The Kier molecular flexibility index (Phi) is 4.58. The van der Waals surface area contributed by atoms with Crippen molar-refractivity contribution in [1.82, 2.24) is 14.8 Å². The van der Waals surface area contributed by atoms with Gasteiger partial charge in [0.2, 0.25) is 0 Å². The van der Waals surface area contributed by atoms with Gasteiger partial charge in [0.25, 0.3) is 0 Å². The SMILES string of the molecule is COC1(C(N)Cc2ncnn2C(C)C)CCCCC1. The van der Waals surface area contributed by atoms with Crippen LogP contribution < -0.4 is 5.73 Å². The van der Waals surface area contributed by atoms with Gasteiger partial charge in [0.15, 0.2) is 0 Å². The molecule has 1 heterocycles. The lowest BCUT2D eigenvalue weighted by Gasteiger charge is -2.40. The van der Waals surface area contributed by atoms with Gasteiger partial charge in [0.05, 0.1) is 5.60 Å². The summed E-state index contributed by atoms with van der Waals surface area (Å²) in [6, 6.07) is 0.300. The van der Waals surface area contributed by atoms with Crippen LogP contribution in [0, 0.1) is 0 Å². The molecule has 1 atom stereocenters. The number of aromatic nitrogens is 3. The lowest BCUT2D eigenvalue weighted by atomic mass is 9.78. The van der Waals surface area contributed by atoms with Crippen molar-refractivity contribution < 1.29 is 4.74 Å². The molecule has 2 N–H and O–H groups in total. The molecule has 5 heteroatoms. The van der Waals surface area contributed by atoms with Gasteiger partial charge in [0, 0.05) is 25.6 Å². The zero-order chi connectivity index (χ0) is 13.9. The molecule has 2 rings (SSSR count). The first-order valence-electron chi connectivity index (χ1n) is 7.28. The number of hydrogen-bond acceptors (Lipinski definition) is 4. The molecule has 1 aromatic rings. The minimum atomic E-state index is -0.175. The molecule has 1 aliphatic rings. The molecule has 108 valence electrons. The Morgan fingerprint density at radius 1 is 1.37 bits per heavy atom. The highest BCUT2D eigenvalue weighted by molar-refractivity contribution is 5.00. The number of nitrogens with two attached hydrogens (primary N) is 1. The second kappa shape index (κ2) is 6.01. The minimum absolute atomic E-state index is 0.0144. The molecule has 1 aromatic heterocycles. The van der Waals surface area contributed by atoms with E-state index in [-0.39, 0.29) is 11.6 Å². The number of methoxy groups -OCH3 is 1. The van der Waals surface area contributed by atoms with E-state index in [1.165, 1.54) is 19.3 Å². The Balaban J connectivity index is 2.10. The van der Waals surface area contributed by atoms with Crippen molar-refractivity contribution in [3.05, 3.63) is 12.2 Å². The molecule has 1 aliphatic carbocycles. The number of ether oxygens (including phenoxy) is 1. The molecule has 0 amide bonds. The van der Waals surface area contributed by atoms with Crippen LogP contribution in [0.4, 0.5) is 0 Å². The summed E-state index contributed by atoms with van der Waals surface area (Å²) in [6.45, 7) is 4.22. The van der Waals surface area contributed by atoms with Gasteiger partial charge >= 0.3 is 0 Å². The summed E-state index contributed by atoms with van der Waals surface area (Å²) >= 11 is 0. The maximum Gasteiger partial charge on any atom is 0.138 e. The van der Waals surface area contributed by atoms with Crippen LogP contribution in [0.1, 0.15) is 57.8 Å². The predicted molar refractivity (Wildman–Crippen MR) is 74.9 cm³/mol. The van der Waals surface area contributed by atoms with Crippen molar-refractivity contribution in [3.63, 3.8) is 0 Å². The predicted octanol–water partition coefficient (Wildman–Crippen LogP) is 2.08. The summed E-state index contributed by atoms with van der Waals surface area (Å²) in [4.78, 5) is 4.35. The largest absolute Gasteiger partial charge is 0.377 e. The molecule has 19 heavy (non-hydrogen) atoms. The molecule has 0 saturated heterocycles. The van der Waals surface area contributed by atoms with E-state index in [0.29, 0.717) is 6.04 Å². The Hall–Kier alpha value is -0.940. The molecular formula is C14H26N4O. The second-order valence-corrected chi connectivity index (χ2v) is 5.85. The zero-order valence-corrected chi connectivity index (χ0v) is 12.3. The fourth-order valence-corrected chi connectivity index (χ4v) is 3.11. The molecular weight excluding hydrogens is 240 g/mol. The Morgan fingerprint density at radius 2 is 2.05 bits per heavy atom. The Bertz CT molecular complexity index is 396. The van der Waals surface area contributed by atoms with Crippen molar-refractivity contribution in [2.45, 2.75) is 70.1 Å². The van der Waals surface area contributed by atoms with E-state index in [1.54, 1.807) is 13.4 Å². The van der Waals surface area contributed by atoms with Gasteiger partial charge < -0.3 is 10.5 Å². The van der Waals surface area contributed by atoms with Crippen LogP contribution in [0.3, 0.4) is 0 Å². The number of rotatable bonds is 5. The minimum Gasteiger partial charge on any atom is -0.377 e. The van der Waals surface area contributed by atoms with E-state index in [0.717, 1.165) is 25.1 Å². The number of hydrogen-bond donors (Lipinski definition) is 1. The van der Waals surface area contributed by atoms with Crippen LogP contribution in [0.2, 0.25) is 0 Å². The lowest BCUT2D eigenvalue weighted by Crippen LogP contribution is -2.52. The molecule has 5 nitrogen and oxygen atoms in total. The normalized spacial score (nSPS) is 20.7. The molecule has 0 aliphatic heterocycles. The summed E-state index contributed by atoms with van der Waals surface area (Å²) < 4.78 is 7.76. The van der Waals surface area contributed by atoms with Crippen molar-refractivity contribution in [1.29, 1.82) is 0 Å². The fraction of sp³-hybridized carbons (Fsp3) is 0.857. The molecule has 0 aromatic carbocycles. The first-order valence-corrected chi connectivity index (χ1v) is 7.28. The zero-order valence-electron chi connectivity index (χ0n) is 12.3. The van der Waals surface area contributed by atoms with Gasteiger partial charge in [-0.05, 0) is 26.7 Å². The summed E-state index contributed by atoms with van der Waals surface area (Å²) in [5, 5.41) is 4.27. The molecule has 1 saturated carbocycles. The molecule has 0 bridgehead atoms. The highest BCUT2D eigenvalue weighted by atomic mass is 16.5. The maximum absolute atomic E-state index is 6.45. The summed E-state index contributed by atoms with van der Waals surface area (Å²) in [5.41, 5.74) is 6.27. The van der Waals surface area contributed by atoms with Crippen LogP contribution in [0.15, 0.2) is 6.33 Å². The molecule has 0 radical (unpaired) electrons. The smallest absolute Gasteiger partial charge is 0.138 e. The monoisotopic (exact) mass is 266 g/mol. The van der Waals surface area contributed by atoms with Crippen molar-refractivity contribution >= 4 is 0 Å². The first kappa shape index (κ1) is 14.5. The van der Waals surface area contributed by atoms with Gasteiger partial charge in [-0.3, -0.25) is 0 Å². The van der Waals surface area contributed by atoms with E-state index in [2.05, 4.69) is 23.9 Å². The van der Waals surface area contributed by atoms with Gasteiger partial charge in [-0.25, -0.2) is 9.67 Å². The van der Waals surface area contributed by atoms with Gasteiger partial charge in [-0.15, -0.1) is 0 Å². The summed E-state index contributed by atoms with van der Waals surface area (Å²) in [6.07, 6.45) is 8.16. The highest BCUT2D eigenvalue weighted by Crippen LogP contribution is 2.34. The first-order chi connectivity index (χ1) is 9.09. The van der Waals surface area contributed by atoms with E-state index in [9.17, 15) is 0 Å². The average molecular weight is 266 g/mol. The Morgan fingerprint density at radius 3 is 2.63 bits per heavy atom. The maximum atomic E-state index is 6.45. The van der Waals surface area contributed by atoms with E-state index in [4.69, 9.17) is 10.5 Å². The van der Waals surface area contributed by atoms with Crippen LogP contribution in [-0.4, -0.2) is 33.5 Å². The van der Waals surface area contributed by atoms with Crippen molar-refractivity contribution in [2.75, 3.05) is 7.11 Å². The van der Waals surface area contributed by atoms with Crippen LogP contribution >= 0.6 is 0 Å². The molecule has 0 spiro atoms. The Labute approximate surface area is 115 Å². The second-order valence-electron chi connectivity index (χ2n) is 5.85. The van der Waals surface area contributed by atoms with Crippen molar-refractivity contribution in [3.8, 4) is 0 Å². The van der Waals surface area contributed by atoms with E-state index in [1.807, 2.05) is 4.68 Å². The van der Waals surface area contributed by atoms with Gasteiger partial charge in [-0.2, -0.15) is 5.10 Å². The van der Waals surface area contributed by atoms with Crippen LogP contribution in [0.5, 0.6) is 0 Å². The standard InChI is InChI=1S/C14H26N4O/c1-11(2)18-13(16-10-17-18)9-12(15)14(19-3)7-5-4-6-8-14/h10-12H,4-9,15H2,1-3H3. The average Bonchev–Trinajstić information content (AvgIpc) is 2.87. The van der Waals surface area contributed by atoms with Gasteiger partial charge in [-0.1, -0.05) is 19.3 Å². The molecule has 1 unspecified atom stereocenters. The summed E-state index contributed by atoms with van der Waals surface area (Å²) in [5.74, 6) is 0.962. The fourth-order valence-electron chi connectivity index (χ4n) is 3.11.